The van der Waals surface area contributed by atoms with Gasteiger partial charge in [-0.3, -0.25) is 0 Å². The first-order valence-corrected chi connectivity index (χ1v) is 7.84. The number of ether oxygens (including phenoxy) is 2. The molecule has 0 saturated carbocycles. The van der Waals surface area contributed by atoms with Gasteiger partial charge in [-0.1, -0.05) is 0 Å². The topological polar surface area (TPSA) is 80.8 Å². The number of amides is 2. The van der Waals surface area contributed by atoms with Gasteiger partial charge in [0, 0.05) is 20.2 Å². The van der Waals surface area contributed by atoms with Crippen molar-refractivity contribution in [2.45, 2.75) is 32.9 Å². The summed E-state index contributed by atoms with van der Waals surface area (Å²) in [6.07, 6.45) is 0. The summed E-state index contributed by atoms with van der Waals surface area (Å²) in [5.41, 5.74) is 0.0864. The van der Waals surface area contributed by atoms with Crippen LogP contribution in [0.3, 0.4) is 0 Å². The summed E-state index contributed by atoms with van der Waals surface area (Å²) in [4.78, 5) is 30.4. The van der Waals surface area contributed by atoms with Crippen molar-refractivity contribution in [1.82, 2.24) is 15.2 Å². The second-order valence-electron chi connectivity index (χ2n) is 5.73. The summed E-state index contributed by atoms with van der Waals surface area (Å²) in [6, 6.07) is -0.127. The van der Waals surface area contributed by atoms with Crippen molar-refractivity contribution in [1.29, 1.82) is 0 Å². The van der Waals surface area contributed by atoms with E-state index in [0.717, 1.165) is 5.01 Å². The van der Waals surface area contributed by atoms with Crippen molar-refractivity contribution in [3.05, 3.63) is 15.6 Å². The molecule has 1 aromatic rings. The van der Waals surface area contributed by atoms with E-state index >= 15 is 0 Å². The molecule has 7 nitrogen and oxygen atoms in total. The van der Waals surface area contributed by atoms with Crippen LogP contribution < -0.4 is 5.32 Å². The number of hydrogen-bond donors (Lipinski definition) is 1. The van der Waals surface area contributed by atoms with Crippen LogP contribution in [0.15, 0.2) is 0 Å². The average molecular weight is 327 g/mol. The average Bonchev–Trinajstić information content (AvgIpc) is 3.03. The Morgan fingerprint density at radius 3 is 2.82 bits per heavy atom. The number of methoxy groups -OCH3 is 1. The maximum atomic E-state index is 12.2. The lowest BCUT2D eigenvalue weighted by atomic mass is 10.1. The normalized spacial score (nSPS) is 15.1. The molecule has 0 aliphatic carbocycles. The number of rotatable bonds is 6. The summed E-state index contributed by atoms with van der Waals surface area (Å²) in [5, 5.41) is 3.49. The Kier molecular flexibility index (Phi) is 5.02. The lowest BCUT2D eigenvalue weighted by molar-refractivity contribution is 0.0267. The smallest absolute Gasteiger partial charge is 0.350 e. The molecule has 0 unspecified atom stereocenters. The summed E-state index contributed by atoms with van der Waals surface area (Å²) in [6.45, 7) is 7.26. The zero-order chi connectivity index (χ0) is 16.3. The van der Waals surface area contributed by atoms with Gasteiger partial charge < -0.3 is 19.7 Å². The largest absolute Gasteiger partial charge is 0.459 e. The number of carbonyl (C=O) groups excluding carboxylic acids is 2. The van der Waals surface area contributed by atoms with Crippen molar-refractivity contribution in [2.24, 2.45) is 0 Å². The number of aryl methyl sites for hydroxylation is 1. The summed E-state index contributed by atoms with van der Waals surface area (Å²) in [5.74, 6) is -0.412. The minimum Gasteiger partial charge on any atom is -0.459 e. The predicted octanol–water partition coefficient (Wildman–Crippen LogP) is 1.56. The van der Waals surface area contributed by atoms with Crippen molar-refractivity contribution >= 4 is 23.3 Å². The number of aromatic nitrogens is 1. The zero-order valence-corrected chi connectivity index (χ0v) is 14.1. The molecule has 1 N–H and O–H groups in total. The molecule has 2 amide bonds. The van der Waals surface area contributed by atoms with Crippen LogP contribution in [0.25, 0.3) is 0 Å². The summed E-state index contributed by atoms with van der Waals surface area (Å²) in [7, 11) is 1.58. The Balaban J connectivity index is 1.98. The van der Waals surface area contributed by atoms with E-state index in [-0.39, 0.29) is 12.6 Å². The van der Waals surface area contributed by atoms with Crippen LogP contribution in [0.5, 0.6) is 0 Å². The van der Waals surface area contributed by atoms with Gasteiger partial charge in [-0.2, -0.15) is 0 Å². The predicted molar refractivity (Wildman–Crippen MR) is 82.0 cm³/mol. The monoisotopic (exact) mass is 327 g/mol. The highest BCUT2D eigenvalue weighted by Crippen LogP contribution is 2.22. The van der Waals surface area contributed by atoms with Crippen LogP contribution in [-0.2, 0) is 16.1 Å². The van der Waals surface area contributed by atoms with E-state index in [0.29, 0.717) is 30.3 Å². The fourth-order valence-corrected chi connectivity index (χ4v) is 3.19. The molecule has 0 aromatic carbocycles. The summed E-state index contributed by atoms with van der Waals surface area (Å²) >= 11 is 1.27. The van der Waals surface area contributed by atoms with E-state index in [1.165, 1.54) is 11.3 Å². The van der Waals surface area contributed by atoms with Crippen LogP contribution in [0, 0.1) is 6.92 Å². The number of nitrogens with one attached hydrogen (secondary N) is 1. The second kappa shape index (κ2) is 6.62. The third kappa shape index (κ3) is 3.56. The highest BCUT2D eigenvalue weighted by molar-refractivity contribution is 7.13. The number of nitrogens with zero attached hydrogens (tertiary/aromatic N) is 2. The Hall–Kier alpha value is -1.67. The maximum Gasteiger partial charge on any atom is 0.350 e. The molecule has 8 heteroatoms. The van der Waals surface area contributed by atoms with E-state index < -0.39 is 11.5 Å². The number of urea groups is 1. The highest BCUT2D eigenvalue weighted by Gasteiger charge is 2.35. The lowest BCUT2D eigenvalue weighted by Gasteiger charge is -2.33. The van der Waals surface area contributed by atoms with Gasteiger partial charge in [-0.25, -0.2) is 14.6 Å². The Labute approximate surface area is 133 Å². The fourth-order valence-electron chi connectivity index (χ4n) is 2.26. The van der Waals surface area contributed by atoms with Crippen LogP contribution >= 0.6 is 11.3 Å². The number of hydrogen-bond acceptors (Lipinski definition) is 6. The van der Waals surface area contributed by atoms with Crippen LogP contribution in [0.1, 0.15) is 34.2 Å². The number of esters is 1. The molecule has 1 aliphatic heterocycles. The van der Waals surface area contributed by atoms with Crippen LogP contribution in [0.4, 0.5) is 4.79 Å². The van der Waals surface area contributed by atoms with Crippen LogP contribution in [-0.4, -0.2) is 54.2 Å². The second-order valence-corrected chi connectivity index (χ2v) is 6.81. The molecule has 1 aliphatic rings. The standard InChI is InChI=1S/C14H21N3O4S/c1-9-11(22-10(16-9)7-20-4)12(18)21-8-14(2,3)17-6-5-15-13(17)19/h5-8H2,1-4H3,(H,15,19). The lowest BCUT2D eigenvalue weighted by Crippen LogP contribution is -2.49. The van der Waals surface area contributed by atoms with Gasteiger partial charge >= 0.3 is 12.0 Å². The molecular weight excluding hydrogens is 306 g/mol. The maximum absolute atomic E-state index is 12.2. The van der Waals surface area contributed by atoms with Crippen molar-refractivity contribution < 1.29 is 19.1 Å². The molecule has 0 radical (unpaired) electrons. The van der Waals surface area contributed by atoms with Gasteiger partial charge in [-0.15, -0.1) is 11.3 Å². The van der Waals surface area contributed by atoms with Crippen LogP contribution in [0.2, 0.25) is 0 Å². The Morgan fingerprint density at radius 2 is 2.23 bits per heavy atom. The van der Waals surface area contributed by atoms with Gasteiger partial charge in [0.1, 0.15) is 16.5 Å². The van der Waals surface area contributed by atoms with E-state index in [9.17, 15) is 9.59 Å². The first kappa shape index (κ1) is 16.7. The third-order valence-electron chi connectivity index (χ3n) is 3.44. The van der Waals surface area contributed by atoms with Gasteiger partial charge in [0.25, 0.3) is 0 Å². The number of carbonyl (C=O) groups is 2. The van der Waals surface area contributed by atoms with E-state index in [2.05, 4.69) is 10.3 Å². The van der Waals surface area contributed by atoms with E-state index in [1.807, 2.05) is 13.8 Å². The molecule has 122 valence electrons. The molecule has 1 aromatic heterocycles. The molecular formula is C14H21N3O4S. The molecule has 0 spiro atoms. The molecule has 0 atom stereocenters. The molecule has 2 heterocycles. The minimum atomic E-state index is -0.551. The summed E-state index contributed by atoms with van der Waals surface area (Å²) < 4.78 is 10.4. The van der Waals surface area contributed by atoms with E-state index in [1.54, 1.807) is 18.9 Å². The van der Waals surface area contributed by atoms with Gasteiger partial charge in [0.05, 0.1) is 17.8 Å². The third-order valence-corrected chi connectivity index (χ3v) is 4.55. The first-order chi connectivity index (χ1) is 10.3. The van der Waals surface area contributed by atoms with Crippen molar-refractivity contribution in [2.75, 3.05) is 26.8 Å². The molecule has 0 bridgehead atoms. The fraction of sp³-hybridized carbons (Fsp3) is 0.643. The van der Waals surface area contributed by atoms with E-state index in [4.69, 9.17) is 9.47 Å². The van der Waals surface area contributed by atoms with Gasteiger partial charge in [0.2, 0.25) is 0 Å². The molecule has 1 fully saturated rings. The molecule has 2 rings (SSSR count). The Morgan fingerprint density at radius 1 is 1.50 bits per heavy atom. The van der Waals surface area contributed by atoms with Gasteiger partial charge in [0.15, 0.2) is 0 Å². The Bertz CT molecular complexity index is 570. The number of thiazole rings is 1. The first-order valence-electron chi connectivity index (χ1n) is 7.03. The zero-order valence-electron chi connectivity index (χ0n) is 13.3. The minimum absolute atomic E-state index is 0.127. The highest BCUT2D eigenvalue weighted by atomic mass is 32.1. The molecule has 22 heavy (non-hydrogen) atoms. The van der Waals surface area contributed by atoms with Gasteiger partial charge in [-0.05, 0) is 20.8 Å². The quantitative estimate of drug-likeness (QED) is 0.802. The SMILES string of the molecule is COCc1nc(C)c(C(=O)OCC(C)(C)N2CCNC2=O)s1. The molecule has 1 saturated heterocycles. The van der Waals surface area contributed by atoms with Crippen molar-refractivity contribution in [3.63, 3.8) is 0 Å². The van der Waals surface area contributed by atoms with Crippen molar-refractivity contribution in [3.8, 4) is 0 Å².